The molecule has 0 saturated heterocycles. The predicted molar refractivity (Wildman–Crippen MR) is 95.6 cm³/mol. The Morgan fingerprint density at radius 3 is 2.92 bits per heavy atom. The van der Waals surface area contributed by atoms with E-state index in [-0.39, 0.29) is 12.1 Å². The average Bonchev–Trinajstić information content (AvgIpc) is 3.00. The van der Waals surface area contributed by atoms with Gasteiger partial charge in [-0.05, 0) is 6.07 Å². The van der Waals surface area contributed by atoms with E-state index in [1.54, 1.807) is 18.5 Å². The first-order valence-electron chi connectivity index (χ1n) is 6.97. The van der Waals surface area contributed by atoms with Crippen LogP contribution < -0.4 is 5.56 Å². The summed E-state index contributed by atoms with van der Waals surface area (Å²) in [5, 5.41) is 2.31. The van der Waals surface area contributed by atoms with E-state index in [0.29, 0.717) is 21.2 Å². The Morgan fingerprint density at radius 2 is 2.21 bits per heavy atom. The zero-order valence-corrected chi connectivity index (χ0v) is 14.3. The van der Waals surface area contributed by atoms with Crippen molar-refractivity contribution in [2.45, 2.75) is 0 Å². The number of benzene rings is 1. The van der Waals surface area contributed by atoms with Crippen LogP contribution in [-0.4, -0.2) is 33.8 Å². The predicted octanol–water partition coefficient (Wildman–Crippen LogP) is 2.78. The molecule has 0 N–H and O–H groups in total. The highest BCUT2D eigenvalue weighted by Crippen LogP contribution is 2.29. The molecule has 0 aliphatic heterocycles. The number of nitrogens with zero attached hydrogens (tertiary/aromatic N) is 3. The van der Waals surface area contributed by atoms with Crippen LogP contribution in [0.15, 0.2) is 40.6 Å². The normalized spacial score (nSPS) is 10.5. The lowest BCUT2D eigenvalue weighted by Crippen LogP contribution is -2.33. The largest absolute Gasteiger partial charge is 0.330 e. The van der Waals surface area contributed by atoms with Crippen molar-refractivity contribution in [3.05, 3.63) is 56.8 Å². The molecular formula is C17H12ClN3O2S. The van der Waals surface area contributed by atoms with Gasteiger partial charge in [0.1, 0.15) is 5.56 Å². The maximum Gasteiger partial charge on any atom is 0.271 e. The van der Waals surface area contributed by atoms with E-state index >= 15 is 0 Å². The summed E-state index contributed by atoms with van der Waals surface area (Å²) in [6.45, 7) is 0.113. The van der Waals surface area contributed by atoms with Crippen molar-refractivity contribution in [2.75, 3.05) is 13.6 Å². The lowest BCUT2D eigenvalue weighted by molar-refractivity contribution is 0.0810. The number of terminal acetylenes is 1. The van der Waals surface area contributed by atoms with Crippen LogP contribution >= 0.6 is 22.9 Å². The quantitative estimate of drug-likeness (QED) is 0.677. The number of carbonyl (C=O) groups excluding carboxylic acids is 1. The molecule has 24 heavy (non-hydrogen) atoms. The monoisotopic (exact) mass is 357 g/mol. The summed E-state index contributed by atoms with van der Waals surface area (Å²) in [6.07, 6.45) is 6.51. The average molecular weight is 358 g/mol. The van der Waals surface area contributed by atoms with Gasteiger partial charge in [-0.2, -0.15) is 0 Å². The van der Waals surface area contributed by atoms with Crippen LogP contribution in [0.2, 0.25) is 5.02 Å². The summed E-state index contributed by atoms with van der Waals surface area (Å²) in [5.74, 6) is 1.91. The molecule has 0 atom stereocenters. The highest BCUT2D eigenvalue weighted by atomic mass is 35.5. The number of aromatic nitrogens is 2. The summed E-state index contributed by atoms with van der Waals surface area (Å²) < 4.78 is 1.41. The van der Waals surface area contributed by atoms with Crippen molar-refractivity contribution in [3.63, 3.8) is 0 Å². The van der Waals surface area contributed by atoms with Gasteiger partial charge in [-0.3, -0.25) is 14.0 Å². The number of carbonyl (C=O) groups is 1. The molecule has 0 aliphatic carbocycles. The fourth-order valence-electron chi connectivity index (χ4n) is 2.31. The molecule has 0 bridgehead atoms. The minimum atomic E-state index is -0.462. The maximum atomic E-state index is 12.8. The van der Waals surface area contributed by atoms with Crippen molar-refractivity contribution < 1.29 is 4.79 Å². The van der Waals surface area contributed by atoms with Gasteiger partial charge in [-0.15, -0.1) is 17.8 Å². The van der Waals surface area contributed by atoms with Crippen molar-refractivity contribution >= 4 is 33.8 Å². The number of amides is 1. The molecule has 7 heteroatoms. The molecule has 120 valence electrons. The molecule has 1 amide bonds. The molecule has 3 aromatic rings. The SMILES string of the molecule is C#CCN(C)C(=O)c1cnc2scc(-c3ccccc3Cl)n2c1=O. The highest BCUT2D eigenvalue weighted by Gasteiger charge is 2.20. The summed E-state index contributed by atoms with van der Waals surface area (Å²) in [4.78, 5) is 31.2. The van der Waals surface area contributed by atoms with E-state index in [4.69, 9.17) is 18.0 Å². The van der Waals surface area contributed by atoms with Crippen molar-refractivity contribution in [3.8, 4) is 23.6 Å². The Kier molecular flexibility index (Phi) is 4.38. The van der Waals surface area contributed by atoms with Gasteiger partial charge in [-0.1, -0.05) is 35.7 Å². The lowest BCUT2D eigenvalue weighted by Gasteiger charge is -2.13. The van der Waals surface area contributed by atoms with Crippen LogP contribution in [0.5, 0.6) is 0 Å². The van der Waals surface area contributed by atoms with Crippen molar-refractivity contribution in [2.24, 2.45) is 0 Å². The second-order valence-corrected chi connectivity index (χ2v) is 6.30. The van der Waals surface area contributed by atoms with Gasteiger partial charge in [0.05, 0.1) is 12.2 Å². The van der Waals surface area contributed by atoms with E-state index in [9.17, 15) is 9.59 Å². The molecule has 0 radical (unpaired) electrons. The van der Waals surface area contributed by atoms with Gasteiger partial charge in [0.2, 0.25) is 0 Å². The molecule has 5 nitrogen and oxygen atoms in total. The van der Waals surface area contributed by atoms with Gasteiger partial charge in [-0.25, -0.2) is 4.98 Å². The third-order valence-electron chi connectivity index (χ3n) is 3.50. The second-order valence-electron chi connectivity index (χ2n) is 5.06. The Hall–Kier alpha value is -2.62. The molecule has 1 aromatic carbocycles. The van der Waals surface area contributed by atoms with Crippen molar-refractivity contribution in [1.29, 1.82) is 0 Å². The molecule has 0 fully saturated rings. The van der Waals surface area contributed by atoms with Crippen molar-refractivity contribution in [1.82, 2.24) is 14.3 Å². The van der Waals surface area contributed by atoms with E-state index in [2.05, 4.69) is 10.9 Å². The molecule has 0 saturated carbocycles. The van der Waals surface area contributed by atoms with E-state index < -0.39 is 11.5 Å². The smallest absolute Gasteiger partial charge is 0.271 e. The first-order chi connectivity index (χ1) is 11.5. The van der Waals surface area contributed by atoms with Crippen LogP contribution in [0, 0.1) is 12.3 Å². The number of hydrogen-bond acceptors (Lipinski definition) is 4. The highest BCUT2D eigenvalue weighted by molar-refractivity contribution is 7.15. The van der Waals surface area contributed by atoms with E-state index in [1.165, 1.54) is 26.8 Å². The van der Waals surface area contributed by atoms with Gasteiger partial charge in [0, 0.05) is 29.2 Å². The third kappa shape index (κ3) is 2.68. The van der Waals surface area contributed by atoms with Crippen LogP contribution in [0.1, 0.15) is 10.4 Å². The molecular weight excluding hydrogens is 346 g/mol. The van der Waals surface area contributed by atoms with E-state index in [1.807, 2.05) is 18.2 Å². The summed E-state index contributed by atoms with van der Waals surface area (Å²) in [7, 11) is 1.54. The van der Waals surface area contributed by atoms with Crippen LogP contribution in [0.4, 0.5) is 0 Å². The fraction of sp³-hybridized carbons (Fsp3) is 0.118. The molecule has 0 aliphatic rings. The minimum absolute atomic E-state index is 0.0306. The number of fused-ring (bicyclic) bond motifs is 1. The lowest BCUT2D eigenvalue weighted by atomic mass is 10.2. The maximum absolute atomic E-state index is 12.8. The topological polar surface area (TPSA) is 54.7 Å². The summed E-state index contributed by atoms with van der Waals surface area (Å²) >= 11 is 7.54. The van der Waals surface area contributed by atoms with Gasteiger partial charge < -0.3 is 4.90 Å². The van der Waals surface area contributed by atoms with Gasteiger partial charge >= 0.3 is 0 Å². The molecule has 0 spiro atoms. The van der Waals surface area contributed by atoms with Crippen LogP contribution in [0.25, 0.3) is 16.2 Å². The van der Waals surface area contributed by atoms with Gasteiger partial charge in [0.25, 0.3) is 11.5 Å². The Morgan fingerprint density at radius 1 is 1.46 bits per heavy atom. The van der Waals surface area contributed by atoms with Gasteiger partial charge in [0.15, 0.2) is 4.96 Å². The van der Waals surface area contributed by atoms with Crippen LogP contribution in [0.3, 0.4) is 0 Å². The Labute approximate surface area is 147 Å². The first kappa shape index (κ1) is 16.2. The first-order valence-corrected chi connectivity index (χ1v) is 8.23. The summed E-state index contributed by atoms with van der Waals surface area (Å²) in [5.41, 5.74) is 0.838. The second kappa shape index (κ2) is 6.48. The molecule has 2 heterocycles. The number of rotatable bonds is 3. The summed E-state index contributed by atoms with van der Waals surface area (Å²) in [6, 6.07) is 7.20. The molecule has 3 rings (SSSR count). The molecule has 0 unspecified atom stereocenters. The zero-order chi connectivity index (χ0) is 17.3. The Bertz CT molecular complexity index is 1030. The zero-order valence-electron chi connectivity index (χ0n) is 12.7. The molecule has 2 aromatic heterocycles. The fourth-order valence-corrected chi connectivity index (χ4v) is 3.39. The number of thiazole rings is 1. The number of halogens is 1. The van der Waals surface area contributed by atoms with Crippen LogP contribution in [-0.2, 0) is 0 Å². The Balaban J connectivity index is 2.21. The third-order valence-corrected chi connectivity index (χ3v) is 4.67. The minimum Gasteiger partial charge on any atom is -0.330 e. The van der Waals surface area contributed by atoms with E-state index in [0.717, 1.165) is 0 Å². The number of hydrogen-bond donors (Lipinski definition) is 0. The standard InChI is InChI=1S/C17H12ClN3O2S/c1-3-8-20(2)15(22)12-9-19-17-21(16(12)23)14(10-24-17)11-6-4-5-7-13(11)18/h1,4-7,9-10H,8H2,2H3.